The smallest absolute Gasteiger partial charge is 0.0484 e. The summed E-state index contributed by atoms with van der Waals surface area (Å²) in [4.78, 5) is 6.51. The SMILES string of the molecule is c1cncc(CNCN2CCNCC2)c1. The maximum atomic E-state index is 4.09. The second-order valence-electron chi connectivity index (χ2n) is 3.81. The number of rotatable bonds is 4. The van der Waals surface area contributed by atoms with Gasteiger partial charge in [0.15, 0.2) is 0 Å². The Morgan fingerprint density at radius 2 is 2.27 bits per heavy atom. The van der Waals surface area contributed by atoms with Gasteiger partial charge in [0, 0.05) is 51.8 Å². The minimum absolute atomic E-state index is 0.901. The topological polar surface area (TPSA) is 40.2 Å². The van der Waals surface area contributed by atoms with E-state index in [4.69, 9.17) is 0 Å². The van der Waals surface area contributed by atoms with Crippen molar-refractivity contribution in [1.82, 2.24) is 20.5 Å². The first-order valence-corrected chi connectivity index (χ1v) is 5.48. The van der Waals surface area contributed by atoms with Gasteiger partial charge in [-0.3, -0.25) is 9.88 Å². The first kappa shape index (κ1) is 10.5. The lowest BCUT2D eigenvalue weighted by molar-refractivity contribution is 0.223. The monoisotopic (exact) mass is 206 g/mol. The minimum atomic E-state index is 0.901. The summed E-state index contributed by atoms with van der Waals surface area (Å²) >= 11 is 0. The molecule has 0 radical (unpaired) electrons. The molecule has 0 aromatic carbocycles. The Labute approximate surface area is 90.7 Å². The molecule has 0 spiro atoms. The van der Waals surface area contributed by atoms with Crippen molar-refractivity contribution in [2.45, 2.75) is 6.54 Å². The molecule has 1 saturated heterocycles. The van der Waals surface area contributed by atoms with Gasteiger partial charge in [0.2, 0.25) is 0 Å². The van der Waals surface area contributed by atoms with Gasteiger partial charge < -0.3 is 10.6 Å². The first-order chi connectivity index (χ1) is 7.45. The lowest BCUT2D eigenvalue weighted by Crippen LogP contribution is -2.46. The number of pyridine rings is 1. The van der Waals surface area contributed by atoms with Crippen LogP contribution >= 0.6 is 0 Å². The van der Waals surface area contributed by atoms with Crippen LogP contribution in [0.5, 0.6) is 0 Å². The predicted octanol–water partition coefficient (Wildman–Crippen LogP) is 0.0339. The fraction of sp³-hybridized carbons (Fsp3) is 0.545. The average molecular weight is 206 g/mol. The van der Waals surface area contributed by atoms with Crippen molar-refractivity contribution in [3.8, 4) is 0 Å². The number of hydrogen-bond acceptors (Lipinski definition) is 4. The molecule has 1 aromatic heterocycles. The van der Waals surface area contributed by atoms with Crippen molar-refractivity contribution in [1.29, 1.82) is 0 Å². The van der Waals surface area contributed by atoms with E-state index in [1.54, 1.807) is 6.20 Å². The highest BCUT2D eigenvalue weighted by molar-refractivity contribution is 5.07. The zero-order chi connectivity index (χ0) is 10.3. The van der Waals surface area contributed by atoms with E-state index in [0.717, 1.165) is 39.4 Å². The molecule has 0 unspecified atom stereocenters. The van der Waals surface area contributed by atoms with E-state index in [-0.39, 0.29) is 0 Å². The molecule has 0 aliphatic carbocycles. The summed E-state index contributed by atoms with van der Waals surface area (Å²) in [5, 5.41) is 6.77. The third-order valence-corrected chi connectivity index (χ3v) is 2.60. The standard InChI is InChI=1S/C11H18N4/c1-2-11(8-13-3-1)9-14-10-15-6-4-12-5-7-15/h1-3,8,12,14H,4-7,9-10H2. The highest BCUT2D eigenvalue weighted by atomic mass is 15.2. The molecule has 0 saturated carbocycles. The maximum absolute atomic E-state index is 4.09. The summed E-state index contributed by atoms with van der Waals surface area (Å²) in [6.07, 6.45) is 3.71. The third kappa shape index (κ3) is 3.58. The van der Waals surface area contributed by atoms with E-state index in [9.17, 15) is 0 Å². The molecule has 1 aliphatic heterocycles. The van der Waals surface area contributed by atoms with Crippen molar-refractivity contribution in [2.75, 3.05) is 32.8 Å². The normalized spacial score (nSPS) is 17.9. The summed E-state index contributed by atoms with van der Waals surface area (Å²) in [7, 11) is 0. The summed E-state index contributed by atoms with van der Waals surface area (Å²) in [5.41, 5.74) is 1.24. The maximum Gasteiger partial charge on any atom is 0.0484 e. The number of nitrogens with zero attached hydrogens (tertiary/aromatic N) is 2. The van der Waals surface area contributed by atoms with Crippen molar-refractivity contribution in [3.63, 3.8) is 0 Å². The number of hydrogen-bond donors (Lipinski definition) is 2. The Hall–Kier alpha value is -0.970. The van der Waals surface area contributed by atoms with Gasteiger partial charge in [0.25, 0.3) is 0 Å². The van der Waals surface area contributed by atoms with E-state index >= 15 is 0 Å². The molecule has 0 atom stereocenters. The van der Waals surface area contributed by atoms with Gasteiger partial charge in [-0.1, -0.05) is 6.07 Å². The molecular formula is C11H18N4. The highest BCUT2D eigenvalue weighted by Crippen LogP contribution is 1.95. The Morgan fingerprint density at radius 3 is 3.00 bits per heavy atom. The first-order valence-electron chi connectivity index (χ1n) is 5.48. The van der Waals surface area contributed by atoms with E-state index in [1.807, 2.05) is 12.3 Å². The van der Waals surface area contributed by atoms with Crippen molar-refractivity contribution in [3.05, 3.63) is 30.1 Å². The predicted molar refractivity (Wildman–Crippen MR) is 60.4 cm³/mol. The van der Waals surface area contributed by atoms with Crippen molar-refractivity contribution < 1.29 is 0 Å². The van der Waals surface area contributed by atoms with Gasteiger partial charge >= 0.3 is 0 Å². The zero-order valence-corrected chi connectivity index (χ0v) is 8.95. The second-order valence-corrected chi connectivity index (χ2v) is 3.81. The molecular weight excluding hydrogens is 188 g/mol. The summed E-state index contributed by atoms with van der Waals surface area (Å²) in [6, 6.07) is 4.07. The lowest BCUT2D eigenvalue weighted by atomic mass is 10.3. The van der Waals surface area contributed by atoms with E-state index in [1.165, 1.54) is 5.56 Å². The van der Waals surface area contributed by atoms with Gasteiger partial charge in [-0.2, -0.15) is 0 Å². The average Bonchev–Trinajstić information content (AvgIpc) is 2.32. The number of nitrogens with one attached hydrogen (secondary N) is 2. The third-order valence-electron chi connectivity index (χ3n) is 2.60. The molecule has 1 aliphatic rings. The van der Waals surface area contributed by atoms with E-state index in [0.29, 0.717) is 0 Å². The number of aromatic nitrogens is 1. The van der Waals surface area contributed by atoms with Crippen LogP contribution in [-0.4, -0.2) is 42.7 Å². The Kier molecular flexibility index (Phi) is 4.08. The quantitative estimate of drug-likeness (QED) is 0.729. The molecule has 2 rings (SSSR count). The summed E-state index contributed by atoms with van der Waals surface area (Å²) in [6.45, 7) is 6.36. The summed E-state index contributed by atoms with van der Waals surface area (Å²) in [5.74, 6) is 0. The van der Waals surface area contributed by atoms with Crippen LogP contribution in [0.15, 0.2) is 24.5 Å². The van der Waals surface area contributed by atoms with Gasteiger partial charge in [0.1, 0.15) is 0 Å². The molecule has 1 aromatic rings. The number of piperazine rings is 1. The summed E-state index contributed by atoms with van der Waals surface area (Å²) < 4.78 is 0. The van der Waals surface area contributed by atoms with Crippen molar-refractivity contribution in [2.24, 2.45) is 0 Å². The fourth-order valence-corrected chi connectivity index (χ4v) is 1.73. The molecule has 2 N–H and O–H groups in total. The van der Waals surface area contributed by atoms with E-state index in [2.05, 4.69) is 26.6 Å². The highest BCUT2D eigenvalue weighted by Gasteiger charge is 2.07. The Morgan fingerprint density at radius 1 is 1.40 bits per heavy atom. The van der Waals surface area contributed by atoms with Crippen LogP contribution in [-0.2, 0) is 6.54 Å². The van der Waals surface area contributed by atoms with Crippen LogP contribution < -0.4 is 10.6 Å². The van der Waals surface area contributed by atoms with Crippen LogP contribution in [0.25, 0.3) is 0 Å². The molecule has 4 heteroatoms. The van der Waals surface area contributed by atoms with Crippen LogP contribution in [0, 0.1) is 0 Å². The fourth-order valence-electron chi connectivity index (χ4n) is 1.73. The molecule has 4 nitrogen and oxygen atoms in total. The van der Waals surface area contributed by atoms with Crippen LogP contribution in [0.1, 0.15) is 5.56 Å². The second kappa shape index (κ2) is 5.80. The molecule has 0 bridgehead atoms. The van der Waals surface area contributed by atoms with Crippen LogP contribution in [0.3, 0.4) is 0 Å². The van der Waals surface area contributed by atoms with Gasteiger partial charge in [0.05, 0.1) is 0 Å². The largest absolute Gasteiger partial charge is 0.314 e. The molecule has 2 heterocycles. The Bertz CT molecular complexity index is 269. The zero-order valence-electron chi connectivity index (χ0n) is 8.95. The van der Waals surface area contributed by atoms with Gasteiger partial charge in [-0.25, -0.2) is 0 Å². The van der Waals surface area contributed by atoms with Crippen LogP contribution in [0.4, 0.5) is 0 Å². The van der Waals surface area contributed by atoms with E-state index < -0.39 is 0 Å². The molecule has 1 fully saturated rings. The Balaban J connectivity index is 1.66. The molecule has 0 amide bonds. The van der Waals surface area contributed by atoms with Crippen molar-refractivity contribution >= 4 is 0 Å². The van der Waals surface area contributed by atoms with Gasteiger partial charge in [-0.15, -0.1) is 0 Å². The minimum Gasteiger partial charge on any atom is -0.314 e. The van der Waals surface area contributed by atoms with Gasteiger partial charge in [-0.05, 0) is 11.6 Å². The lowest BCUT2D eigenvalue weighted by Gasteiger charge is -2.27. The molecule has 15 heavy (non-hydrogen) atoms. The van der Waals surface area contributed by atoms with Crippen LogP contribution in [0.2, 0.25) is 0 Å². The molecule has 82 valence electrons.